The molecule has 14 heavy (non-hydrogen) atoms. The molecular formula is C10H9BrO2S. The SMILES string of the molecule is COC(=O)c1ccc(C#CCCBr)s1. The van der Waals surface area contributed by atoms with Gasteiger partial charge in [0.15, 0.2) is 0 Å². The zero-order valence-corrected chi connectivity index (χ0v) is 10.1. The minimum Gasteiger partial charge on any atom is -0.465 e. The van der Waals surface area contributed by atoms with Crippen molar-refractivity contribution in [2.45, 2.75) is 6.42 Å². The summed E-state index contributed by atoms with van der Waals surface area (Å²) in [4.78, 5) is 12.6. The fourth-order valence-electron chi connectivity index (χ4n) is 0.812. The molecule has 0 amide bonds. The molecule has 0 saturated carbocycles. The molecule has 0 aromatic carbocycles. The van der Waals surface area contributed by atoms with Crippen LogP contribution < -0.4 is 0 Å². The highest BCUT2D eigenvalue weighted by molar-refractivity contribution is 9.09. The molecule has 1 rings (SSSR count). The van der Waals surface area contributed by atoms with Crippen LogP contribution in [0, 0.1) is 11.8 Å². The number of halogens is 1. The van der Waals surface area contributed by atoms with Gasteiger partial charge < -0.3 is 4.74 Å². The molecule has 0 N–H and O–H groups in total. The molecule has 0 atom stereocenters. The van der Waals surface area contributed by atoms with E-state index < -0.39 is 0 Å². The summed E-state index contributed by atoms with van der Waals surface area (Å²) < 4.78 is 4.59. The molecule has 2 nitrogen and oxygen atoms in total. The number of carbonyl (C=O) groups is 1. The van der Waals surface area contributed by atoms with Crippen molar-refractivity contribution in [3.05, 3.63) is 21.9 Å². The molecule has 0 unspecified atom stereocenters. The summed E-state index contributed by atoms with van der Waals surface area (Å²) in [7, 11) is 1.37. The summed E-state index contributed by atoms with van der Waals surface area (Å²) in [6.07, 6.45) is 0.811. The molecule has 0 saturated heterocycles. The average Bonchev–Trinajstić information content (AvgIpc) is 2.66. The lowest BCUT2D eigenvalue weighted by Crippen LogP contribution is -1.96. The highest BCUT2D eigenvalue weighted by Crippen LogP contribution is 2.16. The highest BCUT2D eigenvalue weighted by atomic mass is 79.9. The smallest absolute Gasteiger partial charge is 0.348 e. The molecule has 74 valence electrons. The fourth-order valence-corrected chi connectivity index (χ4v) is 1.81. The van der Waals surface area contributed by atoms with E-state index in [0.717, 1.165) is 16.6 Å². The van der Waals surface area contributed by atoms with Crippen molar-refractivity contribution in [1.82, 2.24) is 0 Å². The van der Waals surface area contributed by atoms with E-state index in [4.69, 9.17) is 0 Å². The third kappa shape index (κ3) is 3.17. The standard InChI is InChI=1S/C10H9BrO2S/c1-13-10(12)9-6-5-8(14-9)4-2-3-7-11/h5-6H,3,7H2,1H3. The van der Waals surface area contributed by atoms with Gasteiger partial charge >= 0.3 is 5.97 Å². The second-order valence-electron chi connectivity index (χ2n) is 2.40. The third-order valence-electron chi connectivity index (χ3n) is 1.42. The predicted octanol–water partition coefficient (Wildman–Crippen LogP) is 2.67. The first-order valence-corrected chi connectivity index (χ1v) is 5.94. The lowest BCUT2D eigenvalue weighted by molar-refractivity contribution is 0.0606. The Morgan fingerprint density at radius 3 is 3.07 bits per heavy atom. The second-order valence-corrected chi connectivity index (χ2v) is 4.27. The van der Waals surface area contributed by atoms with Gasteiger partial charge in [-0.1, -0.05) is 27.8 Å². The van der Waals surface area contributed by atoms with Crippen LogP contribution in [0.25, 0.3) is 0 Å². The highest BCUT2D eigenvalue weighted by Gasteiger charge is 2.07. The lowest BCUT2D eigenvalue weighted by atomic mass is 10.4. The maximum Gasteiger partial charge on any atom is 0.348 e. The van der Waals surface area contributed by atoms with E-state index in [1.54, 1.807) is 6.07 Å². The first kappa shape index (κ1) is 11.3. The Kier molecular flexibility index (Phi) is 4.71. The van der Waals surface area contributed by atoms with Gasteiger partial charge in [0, 0.05) is 11.8 Å². The number of ether oxygens (including phenoxy) is 1. The van der Waals surface area contributed by atoms with Crippen LogP contribution in [0.1, 0.15) is 21.0 Å². The van der Waals surface area contributed by atoms with Crippen LogP contribution in [0.2, 0.25) is 0 Å². The molecule has 1 aromatic rings. The summed E-state index contributed by atoms with van der Waals surface area (Å²) in [5, 5.41) is 0.870. The molecule has 0 spiro atoms. The van der Waals surface area contributed by atoms with Gasteiger partial charge in [-0.15, -0.1) is 11.3 Å². The van der Waals surface area contributed by atoms with E-state index in [-0.39, 0.29) is 5.97 Å². The largest absolute Gasteiger partial charge is 0.465 e. The number of carbonyl (C=O) groups excluding carboxylic acids is 1. The van der Waals surface area contributed by atoms with Gasteiger partial charge in [-0.2, -0.15) is 0 Å². The maximum atomic E-state index is 11.1. The van der Waals surface area contributed by atoms with Gasteiger partial charge in [0.2, 0.25) is 0 Å². The summed E-state index contributed by atoms with van der Waals surface area (Å²) in [5.74, 6) is 5.66. The molecule has 0 radical (unpaired) electrons. The topological polar surface area (TPSA) is 26.3 Å². The number of hydrogen-bond acceptors (Lipinski definition) is 3. The average molecular weight is 273 g/mol. The Morgan fingerprint density at radius 2 is 2.43 bits per heavy atom. The Hall–Kier alpha value is -0.790. The number of thiophene rings is 1. The first-order chi connectivity index (χ1) is 6.77. The lowest BCUT2D eigenvalue weighted by Gasteiger charge is -1.90. The molecule has 4 heteroatoms. The van der Waals surface area contributed by atoms with Crippen LogP contribution >= 0.6 is 27.3 Å². The summed E-state index contributed by atoms with van der Waals surface area (Å²) in [5.41, 5.74) is 0. The Balaban J connectivity index is 2.70. The van der Waals surface area contributed by atoms with E-state index in [2.05, 4.69) is 32.5 Å². The van der Waals surface area contributed by atoms with Crippen molar-refractivity contribution in [2.24, 2.45) is 0 Å². The fraction of sp³-hybridized carbons (Fsp3) is 0.300. The second kappa shape index (κ2) is 5.84. The van der Waals surface area contributed by atoms with Gasteiger partial charge in [0.05, 0.1) is 12.0 Å². The third-order valence-corrected chi connectivity index (χ3v) is 2.80. The van der Waals surface area contributed by atoms with Gasteiger partial charge in [0.25, 0.3) is 0 Å². The zero-order chi connectivity index (χ0) is 10.4. The number of alkyl halides is 1. The van der Waals surface area contributed by atoms with E-state index in [1.165, 1.54) is 18.4 Å². The van der Waals surface area contributed by atoms with E-state index in [1.807, 2.05) is 6.07 Å². The van der Waals surface area contributed by atoms with E-state index in [9.17, 15) is 4.79 Å². The van der Waals surface area contributed by atoms with Crippen LogP contribution in [0.4, 0.5) is 0 Å². The Labute approximate surface area is 95.4 Å². The first-order valence-electron chi connectivity index (χ1n) is 4.01. The number of esters is 1. The van der Waals surface area contributed by atoms with Crippen molar-refractivity contribution < 1.29 is 9.53 Å². The van der Waals surface area contributed by atoms with Crippen molar-refractivity contribution in [2.75, 3.05) is 12.4 Å². The van der Waals surface area contributed by atoms with Gasteiger partial charge in [0.1, 0.15) is 4.88 Å². The quantitative estimate of drug-likeness (QED) is 0.470. The van der Waals surface area contributed by atoms with Crippen LogP contribution in [0.3, 0.4) is 0 Å². The van der Waals surface area contributed by atoms with Gasteiger partial charge in [-0.25, -0.2) is 4.79 Å². The van der Waals surface area contributed by atoms with Crippen molar-refractivity contribution in [3.63, 3.8) is 0 Å². The van der Waals surface area contributed by atoms with Crippen molar-refractivity contribution >= 4 is 33.2 Å². The van der Waals surface area contributed by atoms with Crippen LogP contribution in [0.5, 0.6) is 0 Å². The van der Waals surface area contributed by atoms with Crippen LogP contribution in [0.15, 0.2) is 12.1 Å². The summed E-state index contributed by atoms with van der Waals surface area (Å²) in [6, 6.07) is 3.56. The molecular weight excluding hydrogens is 264 g/mol. The summed E-state index contributed by atoms with van der Waals surface area (Å²) in [6.45, 7) is 0. The molecule has 0 aliphatic heterocycles. The van der Waals surface area contributed by atoms with E-state index in [0.29, 0.717) is 4.88 Å². The molecule has 0 aliphatic carbocycles. The number of rotatable bonds is 2. The van der Waals surface area contributed by atoms with Gasteiger partial charge in [-0.3, -0.25) is 0 Å². The normalized spacial score (nSPS) is 9.00. The molecule has 0 fully saturated rings. The summed E-state index contributed by atoms with van der Waals surface area (Å²) >= 11 is 4.64. The number of hydrogen-bond donors (Lipinski definition) is 0. The monoisotopic (exact) mass is 272 g/mol. The Morgan fingerprint density at radius 1 is 1.64 bits per heavy atom. The van der Waals surface area contributed by atoms with Crippen LogP contribution in [-0.2, 0) is 4.74 Å². The van der Waals surface area contributed by atoms with Crippen molar-refractivity contribution in [3.8, 4) is 11.8 Å². The minimum absolute atomic E-state index is 0.302. The van der Waals surface area contributed by atoms with Crippen molar-refractivity contribution in [1.29, 1.82) is 0 Å². The molecule has 1 heterocycles. The van der Waals surface area contributed by atoms with Gasteiger partial charge in [-0.05, 0) is 12.1 Å². The minimum atomic E-state index is -0.302. The zero-order valence-electron chi connectivity index (χ0n) is 7.67. The predicted molar refractivity (Wildman–Crippen MR) is 60.9 cm³/mol. The number of methoxy groups -OCH3 is 1. The maximum absolute atomic E-state index is 11.1. The molecule has 1 aromatic heterocycles. The molecule has 0 bridgehead atoms. The Bertz CT molecular complexity index is 373. The van der Waals surface area contributed by atoms with Crippen LogP contribution in [-0.4, -0.2) is 18.4 Å². The van der Waals surface area contributed by atoms with E-state index >= 15 is 0 Å². The molecule has 0 aliphatic rings.